The van der Waals surface area contributed by atoms with Crippen molar-refractivity contribution in [2.45, 2.75) is 12.6 Å². The minimum absolute atomic E-state index is 0.110. The summed E-state index contributed by atoms with van der Waals surface area (Å²) in [6.45, 7) is 1.22. The lowest BCUT2D eigenvalue weighted by Gasteiger charge is -2.11. The molecule has 1 saturated heterocycles. The van der Waals surface area contributed by atoms with Gasteiger partial charge in [0.25, 0.3) is 0 Å². The van der Waals surface area contributed by atoms with Crippen molar-refractivity contribution in [3.63, 3.8) is 0 Å². The third kappa shape index (κ3) is 3.91. The normalized spacial score (nSPS) is 16.7. The number of rotatable bonds is 6. The van der Waals surface area contributed by atoms with E-state index in [2.05, 4.69) is 5.32 Å². The first-order valence-corrected chi connectivity index (χ1v) is 7.12. The van der Waals surface area contributed by atoms with Crippen molar-refractivity contribution < 1.29 is 19.0 Å². The van der Waals surface area contributed by atoms with Gasteiger partial charge in [0, 0.05) is 6.07 Å². The number of hydrogen-bond donors (Lipinski definition) is 1. The van der Waals surface area contributed by atoms with Crippen molar-refractivity contribution in [2.24, 2.45) is 0 Å². The number of nitrogens with one attached hydrogen (secondary N) is 1. The lowest BCUT2D eigenvalue weighted by Crippen LogP contribution is -2.32. The molecule has 1 aliphatic rings. The van der Waals surface area contributed by atoms with E-state index >= 15 is 0 Å². The summed E-state index contributed by atoms with van der Waals surface area (Å²) in [5, 5.41) is 2.67. The first-order valence-electron chi connectivity index (χ1n) is 7.12. The Morgan fingerprint density at radius 3 is 2.55 bits per heavy atom. The van der Waals surface area contributed by atoms with Crippen molar-refractivity contribution in [2.75, 3.05) is 13.2 Å². The van der Waals surface area contributed by atoms with E-state index in [-0.39, 0.29) is 6.04 Å². The fourth-order valence-electron chi connectivity index (χ4n) is 2.11. The minimum Gasteiger partial charge on any atom is -0.491 e. The number of cyclic esters (lactones) is 1. The van der Waals surface area contributed by atoms with Gasteiger partial charge in [-0.1, -0.05) is 36.4 Å². The highest BCUT2D eigenvalue weighted by Gasteiger charge is 2.22. The number of amides is 1. The summed E-state index contributed by atoms with van der Waals surface area (Å²) in [4.78, 5) is 10.9. The van der Waals surface area contributed by atoms with Gasteiger partial charge in [-0.3, -0.25) is 0 Å². The summed E-state index contributed by atoms with van der Waals surface area (Å²) in [7, 11) is 0. The zero-order valence-electron chi connectivity index (χ0n) is 12.0. The van der Waals surface area contributed by atoms with Crippen molar-refractivity contribution in [1.82, 2.24) is 5.32 Å². The van der Waals surface area contributed by atoms with Gasteiger partial charge in [-0.05, 0) is 17.7 Å². The van der Waals surface area contributed by atoms with E-state index in [9.17, 15) is 4.79 Å². The van der Waals surface area contributed by atoms with Crippen LogP contribution in [0.1, 0.15) is 5.56 Å². The van der Waals surface area contributed by atoms with Crippen LogP contribution in [-0.4, -0.2) is 25.3 Å². The molecule has 1 unspecified atom stereocenters. The molecule has 5 heteroatoms. The summed E-state index contributed by atoms with van der Waals surface area (Å²) < 4.78 is 16.2. The lowest BCUT2D eigenvalue weighted by molar-refractivity contribution is 0.174. The molecule has 3 rings (SSSR count). The number of benzene rings is 2. The molecule has 1 N–H and O–H groups in total. The van der Waals surface area contributed by atoms with Crippen LogP contribution in [0.15, 0.2) is 54.6 Å². The predicted molar refractivity (Wildman–Crippen MR) is 81.0 cm³/mol. The maximum absolute atomic E-state index is 10.9. The van der Waals surface area contributed by atoms with Gasteiger partial charge in [0.2, 0.25) is 0 Å². The molecule has 1 atom stereocenters. The molecule has 0 radical (unpaired) electrons. The van der Waals surface area contributed by atoms with Crippen LogP contribution < -0.4 is 14.8 Å². The number of hydrogen-bond acceptors (Lipinski definition) is 4. The molecule has 1 amide bonds. The van der Waals surface area contributed by atoms with Crippen LogP contribution in [0.3, 0.4) is 0 Å². The van der Waals surface area contributed by atoms with Gasteiger partial charge in [0.1, 0.15) is 37.4 Å². The zero-order chi connectivity index (χ0) is 15.2. The zero-order valence-corrected chi connectivity index (χ0v) is 12.0. The summed E-state index contributed by atoms with van der Waals surface area (Å²) in [6.07, 6.45) is -0.395. The SMILES string of the molecule is O=C1NC(COc2cccc(OCc3ccccc3)c2)CO1. The van der Waals surface area contributed by atoms with Gasteiger partial charge in [0.15, 0.2) is 0 Å². The standard InChI is InChI=1S/C17H17NO4/c19-17-18-14(12-22-17)11-21-16-8-4-7-15(9-16)20-10-13-5-2-1-3-6-13/h1-9,14H,10-12H2,(H,18,19). The highest BCUT2D eigenvalue weighted by Crippen LogP contribution is 2.20. The number of ether oxygens (including phenoxy) is 3. The van der Waals surface area contributed by atoms with Crippen LogP contribution in [0, 0.1) is 0 Å². The summed E-state index contributed by atoms with van der Waals surface area (Å²) in [6, 6.07) is 17.3. The van der Waals surface area contributed by atoms with Crippen LogP contribution in [0.4, 0.5) is 4.79 Å². The maximum Gasteiger partial charge on any atom is 0.407 e. The Morgan fingerprint density at radius 1 is 1.05 bits per heavy atom. The second-order valence-corrected chi connectivity index (χ2v) is 5.00. The summed E-state index contributed by atoms with van der Waals surface area (Å²) in [5.41, 5.74) is 1.11. The Morgan fingerprint density at radius 2 is 1.82 bits per heavy atom. The van der Waals surface area contributed by atoms with Crippen molar-refractivity contribution in [1.29, 1.82) is 0 Å². The van der Waals surface area contributed by atoms with Crippen LogP contribution >= 0.6 is 0 Å². The maximum atomic E-state index is 10.9. The van der Waals surface area contributed by atoms with E-state index in [0.717, 1.165) is 11.3 Å². The fraction of sp³-hybridized carbons (Fsp3) is 0.235. The molecule has 0 aliphatic carbocycles. The molecular formula is C17H17NO4. The molecule has 0 saturated carbocycles. The molecule has 1 heterocycles. The topological polar surface area (TPSA) is 56.8 Å². The van der Waals surface area contributed by atoms with E-state index < -0.39 is 6.09 Å². The molecule has 5 nitrogen and oxygen atoms in total. The van der Waals surface area contributed by atoms with E-state index in [0.29, 0.717) is 25.6 Å². The lowest BCUT2D eigenvalue weighted by atomic mass is 10.2. The largest absolute Gasteiger partial charge is 0.491 e. The average molecular weight is 299 g/mol. The third-order valence-corrected chi connectivity index (χ3v) is 3.24. The van der Waals surface area contributed by atoms with Gasteiger partial charge < -0.3 is 19.5 Å². The van der Waals surface area contributed by atoms with Gasteiger partial charge in [-0.15, -0.1) is 0 Å². The first kappa shape index (κ1) is 14.3. The number of carbonyl (C=O) groups is 1. The second kappa shape index (κ2) is 6.85. The number of alkyl carbamates (subject to hydrolysis) is 1. The molecule has 114 valence electrons. The monoisotopic (exact) mass is 299 g/mol. The summed E-state index contributed by atoms with van der Waals surface area (Å²) >= 11 is 0. The highest BCUT2D eigenvalue weighted by atomic mass is 16.6. The quantitative estimate of drug-likeness (QED) is 0.891. The Balaban J connectivity index is 1.52. The Hall–Kier alpha value is -2.69. The van der Waals surface area contributed by atoms with Gasteiger partial charge in [-0.25, -0.2) is 4.79 Å². The van der Waals surface area contributed by atoms with E-state index in [1.54, 1.807) is 0 Å². The third-order valence-electron chi connectivity index (χ3n) is 3.24. The molecule has 2 aromatic rings. The molecule has 0 aromatic heterocycles. The van der Waals surface area contributed by atoms with E-state index in [1.807, 2.05) is 54.6 Å². The molecule has 1 aliphatic heterocycles. The minimum atomic E-state index is -0.395. The van der Waals surface area contributed by atoms with Crippen LogP contribution in [0.5, 0.6) is 11.5 Å². The molecule has 22 heavy (non-hydrogen) atoms. The number of carbonyl (C=O) groups excluding carboxylic acids is 1. The molecule has 1 fully saturated rings. The smallest absolute Gasteiger partial charge is 0.407 e. The van der Waals surface area contributed by atoms with Gasteiger partial charge in [-0.2, -0.15) is 0 Å². The van der Waals surface area contributed by atoms with Gasteiger partial charge in [0.05, 0.1) is 0 Å². The fourth-order valence-corrected chi connectivity index (χ4v) is 2.11. The van der Waals surface area contributed by atoms with Gasteiger partial charge >= 0.3 is 6.09 Å². The van der Waals surface area contributed by atoms with E-state index in [4.69, 9.17) is 14.2 Å². The average Bonchev–Trinajstić information content (AvgIpc) is 2.98. The predicted octanol–water partition coefficient (Wildman–Crippen LogP) is 2.75. The first-order chi connectivity index (χ1) is 10.8. The second-order valence-electron chi connectivity index (χ2n) is 5.00. The van der Waals surface area contributed by atoms with Crippen molar-refractivity contribution in [3.05, 3.63) is 60.2 Å². The van der Waals surface area contributed by atoms with E-state index in [1.165, 1.54) is 0 Å². The highest BCUT2D eigenvalue weighted by molar-refractivity contribution is 5.69. The Bertz CT molecular complexity index is 630. The van der Waals surface area contributed by atoms with Crippen LogP contribution in [0.25, 0.3) is 0 Å². The summed E-state index contributed by atoms with van der Waals surface area (Å²) in [5.74, 6) is 1.44. The molecule has 2 aromatic carbocycles. The van der Waals surface area contributed by atoms with Crippen molar-refractivity contribution >= 4 is 6.09 Å². The van der Waals surface area contributed by atoms with Crippen LogP contribution in [0.2, 0.25) is 0 Å². The molecule has 0 spiro atoms. The Kier molecular flexibility index (Phi) is 4.44. The van der Waals surface area contributed by atoms with Crippen molar-refractivity contribution in [3.8, 4) is 11.5 Å². The molecule has 0 bridgehead atoms. The Labute approximate surface area is 128 Å². The van der Waals surface area contributed by atoms with Crippen LogP contribution in [-0.2, 0) is 11.3 Å². The molecular weight excluding hydrogens is 282 g/mol.